The van der Waals surface area contributed by atoms with Gasteiger partial charge in [-0.2, -0.15) is 4.72 Å². The number of aromatic nitrogens is 1. The number of nitrogens with one attached hydrogen (secondary N) is 1. The van der Waals surface area contributed by atoms with Crippen LogP contribution in [0.4, 0.5) is 0 Å². The van der Waals surface area contributed by atoms with Gasteiger partial charge in [-0.15, -0.1) is 0 Å². The van der Waals surface area contributed by atoms with E-state index in [4.69, 9.17) is 9.15 Å². The summed E-state index contributed by atoms with van der Waals surface area (Å²) in [5.74, 6) is 1.20. The highest BCUT2D eigenvalue weighted by Gasteiger charge is 2.24. The smallest absolute Gasteiger partial charge is 0.245 e. The summed E-state index contributed by atoms with van der Waals surface area (Å²) in [6.45, 7) is 3.41. The third-order valence-electron chi connectivity index (χ3n) is 2.76. The third kappa shape index (κ3) is 3.63. The zero-order chi connectivity index (χ0) is 15.6. The number of nitrogens with zero attached hydrogens (tertiary/aromatic N) is 1. The average molecular weight is 375 g/mol. The highest BCUT2D eigenvalue weighted by atomic mass is 79.9. The number of sulfonamides is 1. The summed E-state index contributed by atoms with van der Waals surface area (Å²) in [6, 6.07) is 4.18. The van der Waals surface area contributed by atoms with E-state index in [1.165, 1.54) is 13.2 Å². The van der Waals surface area contributed by atoms with E-state index in [1.807, 2.05) is 0 Å². The van der Waals surface area contributed by atoms with Crippen molar-refractivity contribution in [2.75, 3.05) is 7.11 Å². The Kier molecular flexibility index (Phi) is 4.70. The Labute approximate surface area is 131 Å². The maximum atomic E-state index is 12.5. The summed E-state index contributed by atoms with van der Waals surface area (Å²) in [5, 5.41) is 0. The molecule has 2 rings (SSSR count). The number of ether oxygens (including phenoxy) is 1. The van der Waals surface area contributed by atoms with Crippen molar-refractivity contribution < 1.29 is 17.6 Å². The summed E-state index contributed by atoms with van der Waals surface area (Å²) < 4.78 is 38.5. The zero-order valence-corrected chi connectivity index (χ0v) is 14.2. The van der Waals surface area contributed by atoms with Gasteiger partial charge in [0, 0.05) is 4.47 Å². The van der Waals surface area contributed by atoms with Crippen molar-refractivity contribution in [2.45, 2.75) is 24.8 Å². The third-order valence-corrected chi connectivity index (χ3v) is 4.81. The van der Waals surface area contributed by atoms with Crippen molar-refractivity contribution >= 4 is 26.0 Å². The molecule has 1 heterocycles. The molecule has 0 radical (unpaired) electrons. The van der Waals surface area contributed by atoms with Gasteiger partial charge in [0.1, 0.15) is 16.4 Å². The topological polar surface area (TPSA) is 81.4 Å². The van der Waals surface area contributed by atoms with E-state index in [0.29, 0.717) is 16.1 Å². The second-order valence-electron chi connectivity index (χ2n) is 4.45. The van der Waals surface area contributed by atoms with Gasteiger partial charge in [0.15, 0.2) is 0 Å². The Hall–Kier alpha value is -1.38. The lowest BCUT2D eigenvalue weighted by Gasteiger charge is -2.14. The summed E-state index contributed by atoms with van der Waals surface area (Å²) in [5.41, 5.74) is 0. The fourth-order valence-corrected chi connectivity index (χ4v) is 3.68. The first-order chi connectivity index (χ1) is 9.83. The van der Waals surface area contributed by atoms with Crippen LogP contribution in [0.2, 0.25) is 0 Å². The molecule has 2 aromatic rings. The van der Waals surface area contributed by atoms with Crippen molar-refractivity contribution in [3.63, 3.8) is 0 Å². The van der Waals surface area contributed by atoms with Gasteiger partial charge in [-0.1, -0.05) is 15.9 Å². The Morgan fingerprint density at radius 1 is 1.43 bits per heavy atom. The Bertz CT molecular complexity index is 742. The van der Waals surface area contributed by atoms with E-state index in [1.54, 1.807) is 32.2 Å². The molecular weight excluding hydrogens is 360 g/mol. The van der Waals surface area contributed by atoms with E-state index in [-0.39, 0.29) is 10.6 Å². The quantitative estimate of drug-likeness (QED) is 0.869. The van der Waals surface area contributed by atoms with Gasteiger partial charge in [-0.25, -0.2) is 13.4 Å². The number of halogens is 1. The fraction of sp³-hybridized carbons (Fsp3) is 0.308. The predicted molar refractivity (Wildman–Crippen MR) is 80.7 cm³/mol. The summed E-state index contributed by atoms with van der Waals surface area (Å²) in [6.07, 6.45) is 1.54. The van der Waals surface area contributed by atoms with Gasteiger partial charge < -0.3 is 9.15 Å². The number of hydrogen-bond acceptors (Lipinski definition) is 5. The maximum Gasteiger partial charge on any atom is 0.245 e. The van der Waals surface area contributed by atoms with Crippen LogP contribution in [0.25, 0.3) is 0 Å². The SMILES string of the molecule is COc1ccc(Br)cc1S(=O)(=O)NC(C)c1ncc(C)o1. The number of methoxy groups -OCH3 is 1. The minimum atomic E-state index is -3.77. The van der Waals surface area contributed by atoms with Gasteiger partial charge in [0.05, 0.1) is 19.3 Å². The van der Waals surface area contributed by atoms with Crippen LogP contribution in [0.15, 0.2) is 38.2 Å². The van der Waals surface area contributed by atoms with E-state index < -0.39 is 16.1 Å². The number of oxazole rings is 1. The van der Waals surface area contributed by atoms with Crippen molar-refractivity contribution in [1.29, 1.82) is 0 Å². The number of benzene rings is 1. The highest BCUT2D eigenvalue weighted by molar-refractivity contribution is 9.10. The molecule has 21 heavy (non-hydrogen) atoms. The molecule has 1 aromatic heterocycles. The van der Waals surface area contributed by atoms with Crippen LogP contribution in [0.1, 0.15) is 24.6 Å². The number of rotatable bonds is 5. The molecule has 0 amide bonds. The van der Waals surface area contributed by atoms with Crippen LogP contribution in [0, 0.1) is 6.92 Å². The second-order valence-corrected chi connectivity index (χ2v) is 7.05. The van der Waals surface area contributed by atoms with Gasteiger partial charge in [-0.05, 0) is 32.0 Å². The maximum absolute atomic E-state index is 12.5. The van der Waals surface area contributed by atoms with Crippen molar-refractivity contribution in [1.82, 2.24) is 9.71 Å². The van der Waals surface area contributed by atoms with Crippen LogP contribution < -0.4 is 9.46 Å². The molecule has 114 valence electrons. The molecule has 1 atom stereocenters. The molecule has 0 spiro atoms. The standard InChI is InChI=1S/C13H15BrN2O4S/c1-8-7-15-13(20-8)9(2)16-21(17,18)12-6-10(14)4-5-11(12)19-3/h4-7,9,16H,1-3H3. The molecule has 0 fully saturated rings. The fourth-order valence-electron chi connectivity index (χ4n) is 1.78. The molecule has 0 saturated carbocycles. The molecule has 0 aliphatic rings. The monoisotopic (exact) mass is 374 g/mol. The largest absolute Gasteiger partial charge is 0.495 e. The molecule has 0 aliphatic carbocycles. The Morgan fingerprint density at radius 3 is 2.71 bits per heavy atom. The number of aryl methyl sites for hydroxylation is 1. The first-order valence-corrected chi connectivity index (χ1v) is 8.39. The molecule has 1 unspecified atom stereocenters. The zero-order valence-electron chi connectivity index (χ0n) is 11.8. The Morgan fingerprint density at radius 2 is 2.14 bits per heavy atom. The van der Waals surface area contributed by atoms with Crippen LogP contribution in [0.5, 0.6) is 5.75 Å². The minimum Gasteiger partial charge on any atom is -0.495 e. The summed E-state index contributed by atoms with van der Waals surface area (Å²) >= 11 is 3.25. The molecular formula is C13H15BrN2O4S. The van der Waals surface area contributed by atoms with Crippen molar-refractivity contribution in [3.05, 3.63) is 40.5 Å². The molecule has 1 N–H and O–H groups in total. The molecule has 8 heteroatoms. The van der Waals surface area contributed by atoms with Crippen LogP contribution in [0.3, 0.4) is 0 Å². The molecule has 0 aliphatic heterocycles. The van der Waals surface area contributed by atoms with Crippen LogP contribution >= 0.6 is 15.9 Å². The van der Waals surface area contributed by atoms with Crippen LogP contribution in [-0.4, -0.2) is 20.5 Å². The van der Waals surface area contributed by atoms with Crippen molar-refractivity contribution in [3.8, 4) is 5.75 Å². The van der Waals surface area contributed by atoms with E-state index >= 15 is 0 Å². The lowest BCUT2D eigenvalue weighted by molar-refractivity contribution is 0.400. The van der Waals surface area contributed by atoms with E-state index in [2.05, 4.69) is 25.6 Å². The molecule has 1 aromatic carbocycles. The van der Waals surface area contributed by atoms with Gasteiger partial charge in [-0.3, -0.25) is 0 Å². The lowest BCUT2D eigenvalue weighted by atomic mass is 10.3. The molecule has 0 bridgehead atoms. The first kappa shape index (κ1) is 16.0. The average Bonchev–Trinajstić information content (AvgIpc) is 2.85. The number of hydrogen-bond donors (Lipinski definition) is 1. The first-order valence-electron chi connectivity index (χ1n) is 6.11. The second kappa shape index (κ2) is 6.17. The summed E-state index contributed by atoms with van der Waals surface area (Å²) in [4.78, 5) is 4.07. The van der Waals surface area contributed by atoms with Gasteiger partial charge in [0.2, 0.25) is 15.9 Å². The predicted octanol–water partition coefficient (Wildman–Crippen LogP) is 2.79. The summed E-state index contributed by atoms with van der Waals surface area (Å²) in [7, 11) is -2.35. The van der Waals surface area contributed by atoms with Crippen molar-refractivity contribution in [2.24, 2.45) is 0 Å². The van der Waals surface area contributed by atoms with Crippen LogP contribution in [-0.2, 0) is 10.0 Å². The van der Waals surface area contributed by atoms with Gasteiger partial charge in [0.25, 0.3) is 0 Å². The molecule has 6 nitrogen and oxygen atoms in total. The minimum absolute atomic E-state index is 0.0505. The highest BCUT2D eigenvalue weighted by Crippen LogP contribution is 2.28. The lowest BCUT2D eigenvalue weighted by Crippen LogP contribution is -2.27. The van der Waals surface area contributed by atoms with E-state index in [0.717, 1.165) is 0 Å². The molecule has 0 saturated heterocycles. The van der Waals surface area contributed by atoms with E-state index in [9.17, 15) is 8.42 Å². The normalized spacial score (nSPS) is 13.1. The Balaban J connectivity index is 2.32. The van der Waals surface area contributed by atoms with Gasteiger partial charge >= 0.3 is 0 Å².